The van der Waals surface area contributed by atoms with Gasteiger partial charge in [-0.15, -0.1) is 0 Å². The van der Waals surface area contributed by atoms with Crippen molar-refractivity contribution in [2.45, 2.75) is 148 Å². The maximum Gasteiger partial charge on any atom is 0.338 e. The van der Waals surface area contributed by atoms with Gasteiger partial charge in [-0.1, -0.05) is 27.7 Å². The van der Waals surface area contributed by atoms with E-state index in [1.165, 1.54) is 32.4 Å². The highest BCUT2D eigenvalue weighted by atomic mass is 16.9. The fraction of sp³-hybridized carbons (Fsp3) is 0.689. The second-order valence-electron chi connectivity index (χ2n) is 19.3. The molecule has 21 nitrogen and oxygen atoms in total. The number of hydrogen-bond donors (Lipinski definition) is 1. The van der Waals surface area contributed by atoms with Gasteiger partial charge in [-0.3, -0.25) is 33.6 Å². The summed E-state index contributed by atoms with van der Waals surface area (Å²) in [7, 11) is 1.13. The Morgan fingerprint density at radius 3 is 2.00 bits per heavy atom. The van der Waals surface area contributed by atoms with Crippen molar-refractivity contribution in [3.05, 3.63) is 35.5 Å². The zero-order valence-corrected chi connectivity index (χ0v) is 38.6. The number of rotatable bonds is 12. The normalized spacial score (nSPS) is 42.9. The van der Waals surface area contributed by atoms with Crippen LogP contribution < -0.4 is 0 Å². The molecule has 0 radical (unpaired) electrons. The van der Waals surface area contributed by atoms with Crippen LogP contribution in [0.1, 0.15) is 101 Å². The van der Waals surface area contributed by atoms with Crippen molar-refractivity contribution in [1.82, 2.24) is 0 Å². The second kappa shape index (κ2) is 14.7. The Hall–Kier alpha value is -5.54. The fourth-order valence-electron chi connectivity index (χ4n) is 14.2. The summed E-state index contributed by atoms with van der Waals surface area (Å²) in [6.07, 6.45) is -7.97. The van der Waals surface area contributed by atoms with E-state index in [1.807, 2.05) is 0 Å². The van der Waals surface area contributed by atoms with Gasteiger partial charge in [0.1, 0.15) is 24.1 Å². The van der Waals surface area contributed by atoms with E-state index in [-0.39, 0.29) is 12.0 Å². The van der Waals surface area contributed by atoms with Crippen molar-refractivity contribution < 1.29 is 100.0 Å². The Morgan fingerprint density at radius 1 is 0.833 bits per heavy atom. The lowest BCUT2D eigenvalue weighted by Crippen LogP contribution is -2.99. The van der Waals surface area contributed by atoms with Gasteiger partial charge < -0.3 is 61.6 Å². The average Bonchev–Trinajstić information content (AvgIpc) is 3.90. The van der Waals surface area contributed by atoms with Crippen molar-refractivity contribution in [2.75, 3.05) is 13.7 Å². The molecule has 21 heteroatoms. The number of furan rings is 1. The summed E-state index contributed by atoms with van der Waals surface area (Å²) in [6, 6.07) is 1.43. The molecule has 8 rings (SSSR count). The standard InChI is InChI=1S/C45H54O21/c1-19(2)30(53)29-31-39(10,32(58-21(4)47)26-13-14-56-16-26)33(59-22(5)48)34(60-23(6)49)45-41(18-57-20(3)46)27(15-28(52)55-12)38(9)17-42(41)44(63-25(8)51,36(38)61-24(7)50)37(62-35(29)54)43(31,45)65-40(11,64-42)66-45/h13-14,16,19,27,31-34,36-37,53H,15,17-18H2,1-12H3. The van der Waals surface area contributed by atoms with Crippen LogP contribution in [0.2, 0.25) is 0 Å². The van der Waals surface area contributed by atoms with Gasteiger partial charge in [-0.25, -0.2) is 4.79 Å². The number of carbonyl (C=O) groups is 8. The third-order valence-electron chi connectivity index (χ3n) is 15.3. The highest BCUT2D eigenvalue weighted by Crippen LogP contribution is 2.91. The molecule has 360 valence electrons. The minimum atomic E-state index is -2.66. The molecule has 15 unspecified atom stereocenters. The van der Waals surface area contributed by atoms with Gasteiger partial charge in [-0.05, 0) is 18.4 Å². The quantitative estimate of drug-likeness (QED) is 0.136. The van der Waals surface area contributed by atoms with E-state index in [9.17, 15) is 38.7 Å². The van der Waals surface area contributed by atoms with Gasteiger partial charge in [0.2, 0.25) is 5.60 Å². The van der Waals surface area contributed by atoms with Gasteiger partial charge in [0, 0.05) is 77.7 Å². The van der Waals surface area contributed by atoms with Gasteiger partial charge in [0.15, 0.2) is 35.6 Å². The minimum absolute atomic E-state index is 0.106. The summed E-state index contributed by atoms with van der Waals surface area (Å²) < 4.78 is 77.3. The first-order valence-corrected chi connectivity index (χ1v) is 21.5. The van der Waals surface area contributed by atoms with Gasteiger partial charge in [-0.2, -0.15) is 0 Å². The summed E-state index contributed by atoms with van der Waals surface area (Å²) in [5.41, 5.74) is -16.7. The first-order chi connectivity index (χ1) is 30.7. The van der Waals surface area contributed by atoms with Crippen molar-refractivity contribution in [1.29, 1.82) is 0 Å². The first kappa shape index (κ1) is 47.0. The molecule has 0 aromatic carbocycles. The Bertz CT molecular complexity index is 2350. The number of fused-ring (bicyclic) bond motifs is 3. The maximum absolute atomic E-state index is 15.5. The van der Waals surface area contributed by atoms with E-state index in [4.69, 9.17) is 56.5 Å². The lowest BCUT2D eigenvalue weighted by molar-refractivity contribution is -0.496. The van der Waals surface area contributed by atoms with Gasteiger partial charge in [0.05, 0.1) is 36.0 Å². The van der Waals surface area contributed by atoms with Crippen molar-refractivity contribution in [2.24, 2.45) is 34.0 Å². The molecule has 4 heterocycles. The molecule has 15 atom stereocenters. The molecule has 0 amide bonds. The maximum atomic E-state index is 15.5. The number of esters is 8. The molecule has 3 aliphatic heterocycles. The summed E-state index contributed by atoms with van der Waals surface area (Å²) in [5, 5.41) is 12.5. The van der Waals surface area contributed by atoms with Gasteiger partial charge >= 0.3 is 47.8 Å². The number of aliphatic hydroxyl groups excluding tert-OH is 1. The molecule has 4 bridgehead atoms. The van der Waals surface area contributed by atoms with E-state index < -0.39 is 165 Å². The molecule has 1 aromatic rings. The average molecular weight is 931 g/mol. The molecular weight excluding hydrogens is 876 g/mol. The smallest absolute Gasteiger partial charge is 0.338 e. The summed E-state index contributed by atoms with van der Waals surface area (Å²) >= 11 is 0. The van der Waals surface area contributed by atoms with Crippen molar-refractivity contribution in [3.8, 4) is 0 Å². The largest absolute Gasteiger partial charge is 0.511 e. The van der Waals surface area contributed by atoms with Crippen LogP contribution in [0.5, 0.6) is 0 Å². The highest BCUT2D eigenvalue weighted by molar-refractivity contribution is 5.93. The Balaban J connectivity index is 1.69. The van der Waals surface area contributed by atoms with Crippen LogP contribution in [-0.2, 0) is 90.5 Å². The number of methoxy groups -OCH3 is 1. The molecule has 7 fully saturated rings. The number of aliphatic hydroxyl groups is 1. The van der Waals surface area contributed by atoms with Crippen LogP contribution in [0.15, 0.2) is 34.3 Å². The van der Waals surface area contributed by atoms with Crippen molar-refractivity contribution in [3.63, 3.8) is 0 Å². The molecule has 4 saturated carbocycles. The van der Waals surface area contributed by atoms with Crippen LogP contribution in [0, 0.1) is 34.0 Å². The number of hydrogen-bond acceptors (Lipinski definition) is 21. The van der Waals surface area contributed by atoms with E-state index >= 15 is 4.79 Å². The molecule has 3 spiro atoms. The topological polar surface area (TPSA) is 271 Å². The molecule has 1 N–H and O–H groups in total. The van der Waals surface area contributed by atoms with Crippen LogP contribution in [0.4, 0.5) is 0 Å². The first-order valence-electron chi connectivity index (χ1n) is 21.5. The summed E-state index contributed by atoms with van der Waals surface area (Å²) in [4.78, 5) is 112. The predicted octanol–water partition coefficient (Wildman–Crippen LogP) is 3.14. The molecule has 7 aliphatic rings. The monoisotopic (exact) mass is 930 g/mol. The Kier molecular flexibility index (Phi) is 10.5. The van der Waals surface area contributed by atoms with Gasteiger partial charge in [0.25, 0.3) is 5.97 Å². The van der Waals surface area contributed by atoms with E-state index in [2.05, 4.69) is 0 Å². The number of carbonyl (C=O) groups excluding carboxylic acids is 8. The lowest BCUT2D eigenvalue weighted by Gasteiger charge is -2.79. The zero-order chi connectivity index (χ0) is 48.7. The lowest BCUT2D eigenvalue weighted by atomic mass is 9.31. The van der Waals surface area contributed by atoms with E-state index in [1.54, 1.807) is 20.8 Å². The third-order valence-corrected chi connectivity index (χ3v) is 15.3. The zero-order valence-electron chi connectivity index (χ0n) is 38.6. The minimum Gasteiger partial charge on any atom is -0.511 e. The summed E-state index contributed by atoms with van der Waals surface area (Å²) in [5.74, 6) is -15.0. The fourth-order valence-corrected chi connectivity index (χ4v) is 14.2. The van der Waals surface area contributed by atoms with E-state index in [0.29, 0.717) is 0 Å². The molecular formula is C45H54O21. The van der Waals surface area contributed by atoms with Crippen LogP contribution >= 0.6 is 0 Å². The molecule has 66 heavy (non-hydrogen) atoms. The SMILES string of the molecule is COC(=O)CC1C2(C)CC34OC5(C)OC67C(C(=C(O)C(C)C)C(=O)OC6C3(OC(C)=O)C2OC(C)=O)C(C)(C(OC(C)=O)c2ccoc2)C(OC(C)=O)C(OC(C)=O)C7(O5)C14COC(C)=O. The molecule has 1 aromatic heterocycles. The van der Waals surface area contributed by atoms with Crippen LogP contribution in [-0.4, -0.2) is 119 Å². The summed E-state index contributed by atoms with van der Waals surface area (Å²) in [6.45, 7) is 13.1. The van der Waals surface area contributed by atoms with E-state index in [0.717, 1.165) is 48.7 Å². The number of allylic oxidation sites excluding steroid dienone is 1. The Morgan fingerprint density at radius 2 is 1.47 bits per heavy atom. The van der Waals surface area contributed by atoms with Crippen LogP contribution in [0.25, 0.3) is 0 Å². The highest BCUT2D eigenvalue weighted by Gasteiger charge is 3.09. The molecule has 3 saturated heterocycles. The second-order valence-corrected chi connectivity index (χ2v) is 19.3. The van der Waals surface area contributed by atoms with Crippen LogP contribution in [0.3, 0.4) is 0 Å². The Labute approximate surface area is 378 Å². The number of ether oxygens (including phenoxy) is 11. The predicted molar refractivity (Wildman–Crippen MR) is 212 cm³/mol. The third kappa shape index (κ3) is 5.43. The molecule has 4 aliphatic carbocycles. The van der Waals surface area contributed by atoms with Crippen molar-refractivity contribution >= 4 is 47.8 Å².